The summed E-state index contributed by atoms with van der Waals surface area (Å²) in [6, 6.07) is 18.0. The molecule has 0 fully saturated rings. The highest BCUT2D eigenvalue weighted by Gasteiger charge is 2.20. The Morgan fingerprint density at radius 2 is 1.85 bits per heavy atom. The third-order valence-electron chi connectivity index (χ3n) is 5.84. The first-order chi connectivity index (χ1) is 19.7. The predicted octanol–water partition coefficient (Wildman–Crippen LogP) is 5.09. The molecule has 41 heavy (non-hydrogen) atoms. The Hall–Kier alpha value is -4.59. The van der Waals surface area contributed by atoms with E-state index in [0.29, 0.717) is 21.6 Å². The number of benzene rings is 3. The van der Waals surface area contributed by atoms with Crippen molar-refractivity contribution in [1.82, 2.24) is 14.6 Å². The molecule has 1 aromatic heterocycles. The van der Waals surface area contributed by atoms with Gasteiger partial charge in [0.2, 0.25) is 5.82 Å². The molecule has 0 aliphatic rings. The Morgan fingerprint density at radius 3 is 2.61 bits per heavy atom. The van der Waals surface area contributed by atoms with Crippen molar-refractivity contribution in [3.05, 3.63) is 104 Å². The van der Waals surface area contributed by atoms with E-state index in [2.05, 4.69) is 22.3 Å². The van der Waals surface area contributed by atoms with Gasteiger partial charge in [0, 0.05) is 24.5 Å². The van der Waals surface area contributed by atoms with Crippen molar-refractivity contribution < 1.29 is 18.7 Å². The third-order valence-corrected chi connectivity index (χ3v) is 6.37. The molecule has 12 heteroatoms. The quantitative estimate of drug-likeness (QED) is 0.205. The number of aromatic nitrogens is 2. The van der Waals surface area contributed by atoms with Crippen molar-refractivity contribution in [2.45, 2.75) is 12.8 Å². The Morgan fingerprint density at radius 1 is 1.07 bits per heavy atom. The number of fused-ring (bicyclic) bond motifs is 1. The summed E-state index contributed by atoms with van der Waals surface area (Å²) in [6.45, 7) is 0.209. The molecule has 2 amide bonds. The molecule has 210 valence electrons. The summed E-state index contributed by atoms with van der Waals surface area (Å²) in [5, 5.41) is 0.584. The lowest BCUT2D eigenvalue weighted by Crippen LogP contribution is -2.34. The van der Waals surface area contributed by atoms with Gasteiger partial charge in [-0.05, 0) is 54.8 Å². The molecule has 0 spiro atoms. The van der Waals surface area contributed by atoms with Crippen LogP contribution in [0.4, 0.5) is 14.9 Å². The zero-order valence-electron chi connectivity index (χ0n) is 21.6. The van der Waals surface area contributed by atoms with Gasteiger partial charge in [0.25, 0.3) is 11.5 Å². The number of carbonyl (C=O) groups excluding carboxylic acids is 2. The number of nitrogens with two attached hydrogens (primary N) is 1. The fraction of sp³-hybridized carbons (Fsp3) is 0.172. The van der Waals surface area contributed by atoms with Gasteiger partial charge in [0.1, 0.15) is 0 Å². The fourth-order valence-electron chi connectivity index (χ4n) is 3.90. The zero-order valence-corrected chi connectivity index (χ0v) is 23.1. The summed E-state index contributed by atoms with van der Waals surface area (Å²) in [5.74, 6) is 4.53. The highest BCUT2D eigenvalue weighted by Crippen LogP contribution is 2.20. The summed E-state index contributed by atoms with van der Waals surface area (Å²) in [7, 11) is 0. The van der Waals surface area contributed by atoms with E-state index < -0.39 is 17.8 Å². The number of hydrogen-bond acceptors (Lipinski definition) is 6. The first kappa shape index (κ1) is 29.4. The number of nitrogens with zero attached hydrogens (tertiary/aromatic N) is 3. The molecule has 0 saturated heterocycles. The van der Waals surface area contributed by atoms with E-state index in [1.54, 1.807) is 30.3 Å². The second-order valence-corrected chi connectivity index (χ2v) is 9.53. The van der Waals surface area contributed by atoms with Gasteiger partial charge in [-0.2, -0.15) is 4.68 Å². The maximum absolute atomic E-state index is 14.6. The molecule has 1 heterocycles. The van der Waals surface area contributed by atoms with Crippen molar-refractivity contribution in [2.75, 3.05) is 25.1 Å². The fourth-order valence-corrected chi connectivity index (χ4v) is 4.24. The minimum Gasteiger partial charge on any atom is -0.450 e. The second-order valence-electron chi connectivity index (χ2n) is 8.68. The van der Waals surface area contributed by atoms with Crippen LogP contribution in [0.2, 0.25) is 10.0 Å². The number of anilines is 1. The SMILES string of the molecule is NC(=O)OCCCN(CCC#Cc1nc2cc(Cl)ccc2c(=O)n1Nc1ccccc1)C(=O)c1cccc(Cl)c1F. The van der Waals surface area contributed by atoms with Crippen molar-refractivity contribution in [2.24, 2.45) is 5.73 Å². The van der Waals surface area contributed by atoms with Crippen LogP contribution in [0.3, 0.4) is 0 Å². The summed E-state index contributed by atoms with van der Waals surface area (Å²) < 4.78 is 20.6. The smallest absolute Gasteiger partial charge is 0.404 e. The minimum atomic E-state index is -0.936. The number of hydrogen-bond donors (Lipinski definition) is 2. The number of rotatable bonds is 9. The number of primary amides is 1. The number of para-hydroxylation sites is 1. The van der Waals surface area contributed by atoms with Gasteiger partial charge in [-0.15, -0.1) is 0 Å². The van der Waals surface area contributed by atoms with Crippen LogP contribution in [-0.4, -0.2) is 46.3 Å². The molecule has 0 aliphatic carbocycles. The monoisotopic (exact) mass is 595 g/mol. The molecule has 0 aliphatic heterocycles. The average Bonchev–Trinajstić information content (AvgIpc) is 2.95. The number of amides is 2. The molecule has 0 radical (unpaired) electrons. The standard InChI is InChI=1S/C29H24Cl2FN5O4/c30-19-13-14-21-24(18-19)34-25(37(28(21)39)35-20-8-2-1-3-9-20)12-4-5-15-36(16-7-17-41-29(33)40)27(38)22-10-6-11-23(31)26(22)32/h1-3,6,8-11,13-14,18,35H,5,7,15-17H2,(H2,33,40). The van der Waals surface area contributed by atoms with Gasteiger partial charge in [-0.3, -0.25) is 15.0 Å². The Balaban J connectivity index is 1.60. The molecule has 0 unspecified atom stereocenters. The van der Waals surface area contributed by atoms with Gasteiger partial charge < -0.3 is 15.4 Å². The maximum atomic E-state index is 14.6. The normalized spacial score (nSPS) is 10.5. The van der Waals surface area contributed by atoms with Crippen LogP contribution in [0.15, 0.2) is 71.5 Å². The van der Waals surface area contributed by atoms with Crippen LogP contribution in [0, 0.1) is 17.7 Å². The molecule has 3 N–H and O–H groups in total. The highest BCUT2D eigenvalue weighted by atomic mass is 35.5. The number of nitrogens with one attached hydrogen (secondary N) is 1. The van der Waals surface area contributed by atoms with Gasteiger partial charge in [-0.1, -0.05) is 53.4 Å². The average molecular weight is 596 g/mol. The Labute approximate surface area is 244 Å². The zero-order chi connectivity index (χ0) is 29.4. The summed E-state index contributed by atoms with van der Waals surface area (Å²) in [6.07, 6.45) is -0.522. The minimum absolute atomic E-state index is 0.0240. The lowest BCUT2D eigenvalue weighted by Gasteiger charge is -2.22. The first-order valence-corrected chi connectivity index (χ1v) is 13.2. The van der Waals surface area contributed by atoms with Gasteiger partial charge in [-0.25, -0.2) is 14.2 Å². The lowest BCUT2D eigenvalue weighted by molar-refractivity contribution is 0.0740. The van der Waals surface area contributed by atoms with Gasteiger partial charge in [0.05, 0.1) is 33.8 Å². The van der Waals surface area contributed by atoms with E-state index in [1.807, 2.05) is 18.2 Å². The summed E-state index contributed by atoms with van der Waals surface area (Å²) >= 11 is 12.0. The third kappa shape index (κ3) is 7.54. The van der Waals surface area contributed by atoms with Gasteiger partial charge >= 0.3 is 6.09 Å². The lowest BCUT2D eigenvalue weighted by atomic mass is 10.1. The molecule has 0 saturated carbocycles. The van der Waals surface area contributed by atoms with Gasteiger partial charge in [0.15, 0.2) is 5.82 Å². The van der Waals surface area contributed by atoms with Crippen LogP contribution in [0.1, 0.15) is 29.0 Å². The number of ether oxygens (including phenoxy) is 1. The molecule has 0 bridgehead atoms. The number of halogens is 3. The largest absolute Gasteiger partial charge is 0.450 e. The van der Waals surface area contributed by atoms with Crippen LogP contribution in [0.5, 0.6) is 0 Å². The van der Waals surface area contributed by atoms with E-state index in [1.165, 1.54) is 27.8 Å². The predicted molar refractivity (Wildman–Crippen MR) is 155 cm³/mol. The molecular weight excluding hydrogens is 572 g/mol. The van der Waals surface area contributed by atoms with Crippen molar-refractivity contribution in [1.29, 1.82) is 0 Å². The topological polar surface area (TPSA) is 120 Å². The van der Waals surface area contributed by atoms with E-state index in [4.69, 9.17) is 33.7 Å². The molecular formula is C29H24Cl2FN5O4. The van der Waals surface area contributed by atoms with E-state index in [9.17, 15) is 18.8 Å². The van der Waals surface area contributed by atoms with Crippen molar-refractivity contribution in [3.63, 3.8) is 0 Å². The van der Waals surface area contributed by atoms with Crippen LogP contribution < -0.4 is 16.7 Å². The summed E-state index contributed by atoms with van der Waals surface area (Å²) in [4.78, 5) is 43.3. The van der Waals surface area contributed by atoms with E-state index in [0.717, 1.165) is 0 Å². The molecule has 4 aromatic rings. The van der Waals surface area contributed by atoms with Crippen molar-refractivity contribution >= 4 is 51.8 Å². The van der Waals surface area contributed by atoms with E-state index >= 15 is 0 Å². The van der Waals surface area contributed by atoms with E-state index in [-0.39, 0.29) is 54.5 Å². The van der Waals surface area contributed by atoms with Crippen LogP contribution in [0.25, 0.3) is 10.9 Å². The molecule has 3 aromatic carbocycles. The first-order valence-electron chi connectivity index (χ1n) is 12.4. The number of carbonyl (C=O) groups is 2. The molecule has 0 atom stereocenters. The Kier molecular flexibility index (Phi) is 9.79. The molecule has 9 nitrogen and oxygen atoms in total. The molecule has 4 rings (SSSR count). The van der Waals surface area contributed by atoms with Crippen LogP contribution in [-0.2, 0) is 4.74 Å². The maximum Gasteiger partial charge on any atom is 0.404 e. The van der Waals surface area contributed by atoms with Crippen LogP contribution >= 0.6 is 23.2 Å². The highest BCUT2D eigenvalue weighted by molar-refractivity contribution is 6.31. The Bertz CT molecular complexity index is 1700. The van der Waals surface area contributed by atoms with Crippen molar-refractivity contribution in [3.8, 4) is 11.8 Å². The second kappa shape index (κ2) is 13.7. The summed E-state index contributed by atoms with van der Waals surface area (Å²) in [5.41, 5.74) is 8.47.